The molecule has 0 saturated carbocycles. The number of rotatable bonds is 1. The van der Waals surface area contributed by atoms with Gasteiger partial charge in [-0.25, -0.2) is 4.79 Å². The van der Waals surface area contributed by atoms with E-state index in [1.54, 1.807) is 32.9 Å². The standard InChI is InChI=1S/C17H15NO6/c1-17(2,3)24-16(21)23-10-7-9-5-4-6-11-13(9)12(8-10)15(20)18(22)14(11)19/h4-8,22H,1-3H3. The van der Waals surface area contributed by atoms with E-state index in [0.29, 0.717) is 10.8 Å². The van der Waals surface area contributed by atoms with Crippen molar-refractivity contribution in [2.45, 2.75) is 26.4 Å². The number of hydrogen-bond donors (Lipinski definition) is 1. The number of benzene rings is 2. The Morgan fingerprint density at radius 2 is 1.75 bits per heavy atom. The van der Waals surface area contributed by atoms with Crippen LogP contribution in [0.15, 0.2) is 30.3 Å². The summed E-state index contributed by atoms with van der Waals surface area (Å²) in [6.45, 7) is 5.09. The molecule has 0 atom stereocenters. The highest BCUT2D eigenvalue weighted by Gasteiger charge is 2.32. The van der Waals surface area contributed by atoms with Crippen molar-refractivity contribution in [3.63, 3.8) is 0 Å². The molecule has 3 rings (SSSR count). The second-order valence-electron chi connectivity index (χ2n) is 6.36. The number of ether oxygens (including phenoxy) is 2. The van der Waals surface area contributed by atoms with E-state index in [1.165, 1.54) is 18.2 Å². The lowest BCUT2D eigenvalue weighted by atomic mass is 9.95. The van der Waals surface area contributed by atoms with E-state index in [4.69, 9.17) is 9.47 Å². The molecule has 7 nitrogen and oxygen atoms in total. The SMILES string of the molecule is CC(C)(C)OC(=O)Oc1cc2c3c(cccc3c1)C(=O)N(O)C2=O. The van der Waals surface area contributed by atoms with E-state index >= 15 is 0 Å². The van der Waals surface area contributed by atoms with Gasteiger partial charge >= 0.3 is 6.16 Å². The monoisotopic (exact) mass is 329 g/mol. The molecule has 24 heavy (non-hydrogen) atoms. The van der Waals surface area contributed by atoms with Crippen LogP contribution >= 0.6 is 0 Å². The van der Waals surface area contributed by atoms with Gasteiger partial charge in [-0.1, -0.05) is 12.1 Å². The van der Waals surface area contributed by atoms with E-state index < -0.39 is 23.6 Å². The minimum atomic E-state index is -0.912. The Labute approximate surface area is 137 Å². The van der Waals surface area contributed by atoms with Crippen molar-refractivity contribution in [1.82, 2.24) is 5.06 Å². The summed E-state index contributed by atoms with van der Waals surface area (Å²) in [5.74, 6) is -1.59. The Morgan fingerprint density at radius 3 is 2.42 bits per heavy atom. The van der Waals surface area contributed by atoms with Crippen LogP contribution in [-0.4, -0.2) is 33.8 Å². The highest BCUT2D eigenvalue weighted by molar-refractivity contribution is 6.25. The van der Waals surface area contributed by atoms with Crippen LogP contribution in [0, 0.1) is 0 Å². The van der Waals surface area contributed by atoms with E-state index in [0.717, 1.165) is 0 Å². The topological polar surface area (TPSA) is 93.1 Å². The summed E-state index contributed by atoms with van der Waals surface area (Å²) in [5.41, 5.74) is -0.448. The number of imide groups is 1. The summed E-state index contributed by atoms with van der Waals surface area (Å²) in [7, 11) is 0. The minimum Gasteiger partial charge on any atom is -0.428 e. The van der Waals surface area contributed by atoms with Gasteiger partial charge in [0.2, 0.25) is 0 Å². The largest absolute Gasteiger partial charge is 0.514 e. The molecule has 1 aliphatic heterocycles. The first kappa shape index (κ1) is 15.9. The molecule has 2 aromatic carbocycles. The first-order valence-electron chi connectivity index (χ1n) is 7.22. The number of hydrogen-bond acceptors (Lipinski definition) is 6. The van der Waals surface area contributed by atoms with E-state index in [9.17, 15) is 19.6 Å². The Morgan fingerprint density at radius 1 is 1.08 bits per heavy atom. The van der Waals surface area contributed by atoms with Gasteiger partial charge in [-0.15, -0.1) is 5.06 Å². The van der Waals surface area contributed by atoms with Crippen molar-refractivity contribution in [1.29, 1.82) is 0 Å². The molecule has 0 radical (unpaired) electrons. The smallest absolute Gasteiger partial charge is 0.428 e. The van der Waals surface area contributed by atoms with Crippen LogP contribution in [-0.2, 0) is 4.74 Å². The lowest BCUT2D eigenvalue weighted by molar-refractivity contribution is -0.0378. The Kier molecular flexibility index (Phi) is 3.53. The lowest BCUT2D eigenvalue weighted by Crippen LogP contribution is -2.37. The predicted molar refractivity (Wildman–Crippen MR) is 83.1 cm³/mol. The van der Waals surface area contributed by atoms with Crippen molar-refractivity contribution in [2.75, 3.05) is 0 Å². The van der Waals surface area contributed by atoms with Gasteiger partial charge in [0.05, 0.1) is 11.1 Å². The van der Waals surface area contributed by atoms with Gasteiger partial charge < -0.3 is 9.47 Å². The van der Waals surface area contributed by atoms with Crippen molar-refractivity contribution in [3.05, 3.63) is 41.5 Å². The number of carbonyl (C=O) groups is 3. The van der Waals surface area contributed by atoms with Gasteiger partial charge in [0.25, 0.3) is 11.8 Å². The Bertz CT molecular complexity index is 881. The minimum absolute atomic E-state index is 0.0500. The zero-order chi connectivity index (χ0) is 17.6. The zero-order valence-electron chi connectivity index (χ0n) is 13.3. The highest BCUT2D eigenvalue weighted by Crippen LogP contribution is 2.33. The van der Waals surface area contributed by atoms with Crippen molar-refractivity contribution < 1.29 is 29.1 Å². The average molecular weight is 329 g/mol. The Balaban J connectivity index is 2.07. The maximum Gasteiger partial charge on any atom is 0.514 e. The molecule has 0 bridgehead atoms. The molecule has 1 N–H and O–H groups in total. The van der Waals surface area contributed by atoms with Crippen molar-refractivity contribution in [2.24, 2.45) is 0 Å². The molecule has 0 fully saturated rings. The van der Waals surface area contributed by atoms with Crippen LogP contribution in [0.3, 0.4) is 0 Å². The molecule has 2 amide bonds. The van der Waals surface area contributed by atoms with Crippen molar-refractivity contribution in [3.8, 4) is 5.75 Å². The number of nitrogens with zero attached hydrogens (tertiary/aromatic N) is 1. The van der Waals surface area contributed by atoms with Crippen LogP contribution in [0.25, 0.3) is 10.8 Å². The third-order valence-corrected chi connectivity index (χ3v) is 3.39. The summed E-state index contributed by atoms with van der Waals surface area (Å²) in [6.07, 6.45) is -0.912. The number of hydroxylamine groups is 2. The predicted octanol–water partition coefficient (Wildman–Crippen LogP) is 3.14. The molecule has 0 aromatic heterocycles. The summed E-state index contributed by atoms with van der Waals surface area (Å²) < 4.78 is 10.2. The zero-order valence-corrected chi connectivity index (χ0v) is 13.3. The molecule has 0 unspecified atom stereocenters. The van der Waals surface area contributed by atoms with Crippen molar-refractivity contribution >= 4 is 28.7 Å². The van der Waals surface area contributed by atoms with Gasteiger partial charge in [-0.3, -0.25) is 14.8 Å². The summed E-state index contributed by atoms with van der Waals surface area (Å²) in [5, 5.41) is 10.7. The van der Waals surface area contributed by atoms with E-state index in [1.807, 2.05) is 0 Å². The molecule has 1 heterocycles. The second-order valence-corrected chi connectivity index (χ2v) is 6.36. The first-order valence-corrected chi connectivity index (χ1v) is 7.22. The molecular formula is C17H15NO6. The van der Waals surface area contributed by atoms with Crippen LogP contribution in [0.4, 0.5) is 4.79 Å². The number of amides is 2. The van der Waals surface area contributed by atoms with Crippen LogP contribution in [0.1, 0.15) is 41.5 Å². The quantitative estimate of drug-likeness (QED) is 0.374. The molecular weight excluding hydrogens is 314 g/mol. The molecule has 0 aliphatic carbocycles. The fourth-order valence-corrected chi connectivity index (χ4v) is 2.49. The molecule has 2 aromatic rings. The van der Waals surface area contributed by atoms with Gasteiger partial charge in [0, 0.05) is 5.39 Å². The highest BCUT2D eigenvalue weighted by atomic mass is 16.7. The molecule has 0 saturated heterocycles. The van der Waals surface area contributed by atoms with Gasteiger partial charge in [0.15, 0.2) is 0 Å². The third-order valence-electron chi connectivity index (χ3n) is 3.39. The second kappa shape index (κ2) is 5.31. The van der Waals surface area contributed by atoms with Gasteiger partial charge in [0.1, 0.15) is 11.4 Å². The van der Waals surface area contributed by atoms with E-state index in [2.05, 4.69) is 0 Å². The Hall–Kier alpha value is -2.93. The number of carbonyl (C=O) groups excluding carboxylic acids is 3. The maximum absolute atomic E-state index is 12.2. The maximum atomic E-state index is 12.2. The normalized spacial score (nSPS) is 14.1. The fraction of sp³-hybridized carbons (Fsp3) is 0.235. The summed E-state index contributed by atoms with van der Waals surface area (Å²) >= 11 is 0. The summed E-state index contributed by atoms with van der Waals surface area (Å²) in [6, 6.07) is 7.63. The molecule has 1 aliphatic rings. The first-order chi connectivity index (χ1) is 11.2. The molecule has 124 valence electrons. The average Bonchev–Trinajstić information content (AvgIpc) is 2.48. The van der Waals surface area contributed by atoms with E-state index in [-0.39, 0.29) is 21.9 Å². The summed E-state index contributed by atoms with van der Waals surface area (Å²) in [4.78, 5) is 35.9. The van der Waals surface area contributed by atoms with Crippen LogP contribution in [0.2, 0.25) is 0 Å². The third kappa shape index (κ3) is 2.69. The van der Waals surface area contributed by atoms with Gasteiger partial charge in [-0.05, 0) is 44.4 Å². The molecule has 7 heteroatoms. The molecule has 0 spiro atoms. The van der Waals surface area contributed by atoms with Crippen LogP contribution < -0.4 is 4.74 Å². The van der Waals surface area contributed by atoms with Gasteiger partial charge in [-0.2, -0.15) is 0 Å². The lowest BCUT2D eigenvalue weighted by Gasteiger charge is -2.23. The van der Waals surface area contributed by atoms with Crippen LogP contribution in [0.5, 0.6) is 5.75 Å². The fourth-order valence-electron chi connectivity index (χ4n) is 2.49.